The molecule has 0 saturated heterocycles. The number of aromatic nitrogens is 2. The van der Waals surface area contributed by atoms with Gasteiger partial charge in [-0.3, -0.25) is 4.68 Å². The monoisotopic (exact) mass is 260 g/mol. The van der Waals surface area contributed by atoms with Crippen LogP contribution in [0.4, 0.5) is 0 Å². The topological polar surface area (TPSA) is 47.3 Å². The van der Waals surface area contributed by atoms with Crippen molar-refractivity contribution in [1.29, 1.82) is 0 Å². The molecular weight excluding hydrogens is 240 g/mol. The lowest BCUT2D eigenvalue weighted by Crippen LogP contribution is -2.22. The molecule has 19 heavy (non-hydrogen) atoms. The molecule has 1 aromatic heterocycles. The number of methoxy groups -OCH3 is 1. The van der Waals surface area contributed by atoms with Crippen LogP contribution in [0.2, 0.25) is 0 Å². The van der Waals surface area contributed by atoms with Gasteiger partial charge in [-0.05, 0) is 19.9 Å². The molecule has 0 aliphatic carbocycles. The summed E-state index contributed by atoms with van der Waals surface area (Å²) in [6, 6.07) is 10.3. The molecule has 0 bridgehead atoms. The molecule has 4 nitrogen and oxygen atoms in total. The highest BCUT2D eigenvalue weighted by Gasteiger charge is 2.10. The van der Waals surface area contributed by atoms with Crippen LogP contribution in [0.1, 0.15) is 11.3 Å². The Bertz CT molecular complexity index is 532. The molecular formula is C15H20N2O2. The van der Waals surface area contributed by atoms with E-state index in [1.807, 2.05) is 17.7 Å². The van der Waals surface area contributed by atoms with Crippen LogP contribution in [0.15, 0.2) is 30.3 Å². The van der Waals surface area contributed by atoms with Gasteiger partial charge in [0.05, 0.1) is 24.9 Å². The van der Waals surface area contributed by atoms with Gasteiger partial charge in [0.1, 0.15) is 0 Å². The van der Waals surface area contributed by atoms with Crippen LogP contribution in [0.3, 0.4) is 0 Å². The molecule has 0 amide bonds. The normalized spacial score (nSPS) is 12.6. The molecule has 0 spiro atoms. The first-order valence-electron chi connectivity index (χ1n) is 6.38. The van der Waals surface area contributed by atoms with E-state index in [-0.39, 0.29) is 0 Å². The number of benzene rings is 1. The van der Waals surface area contributed by atoms with Crippen LogP contribution in [0.25, 0.3) is 11.3 Å². The standard InChI is InChI=1S/C15H20N2O2/c1-11-4-6-13(7-5-11)15-8-12(2)17(16-15)9-14(18)10-19-3/h4-8,14,18H,9-10H2,1-3H3/t14-/m0/s1. The molecule has 2 rings (SSSR count). The lowest BCUT2D eigenvalue weighted by molar-refractivity contribution is 0.0510. The van der Waals surface area contributed by atoms with E-state index in [0.717, 1.165) is 17.0 Å². The highest BCUT2D eigenvalue weighted by Crippen LogP contribution is 2.19. The molecule has 1 atom stereocenters. The van der Waals surface area contributed by atoms with Crippen molar-refractivity contribution in [3.05, 3.63) is 41.6 Å². The molecule has 0 radical (unpaired) electrons. The molecule has 0 saturated carbocycles. The summed E-state index contributed by atoms with van der Waals surface area (Å²) in [6.07, 6.45) is -0.533. The highest BCUT2D eigenvalue weighted by atomic mass is 16.5. The van der Waals surface area contributed by atoms with Crippen LogP contribution >= 0.6 is 0 Å². The molecule has 1 heterocycles. The van der Waals surface area contributed by atoms with E-state index in [1.165, 1.54) is 5.56 Å². The number of nitrogens with zero attached hydrogens (tertiary/aromatic N) is 2. The maximum Gasteiger partial charge on any atom is 0.0968 e. The van der Waals surface area contributed by atoms with Crippen LogP contribution in [0, 0.1) is 13.8 Å². The predicted molar refractivity (Wildman–Crippen MR) is 75.0 cm³/mol. The van der Waals surface area contributed by atoms with E-state index >= 15 is 0 Å². The van der Waals surface area contributed by atoms with Gasteiger partial charge in [0.15, 0.2) is 0 Å². The average molecular weight is 260 g/mol. The number of ether oxygens (including phenoxy) is 1. The van der Waals surface area contributed by atoms with E-state index < -0.39 is 6.10 Å². The van der Waals surface area contributed by atoms with E-state index in [2.05, 4.69) is 36.3 Å². The molecule has 2 aromatic rings. The van der Waals surface area contributed by atoms with Crippen molar-refractivity contribution in [2.75, 3.05) is 13.7 Å². The molecule has 0 aliphatic rings. The summed E-state index contributed by atoms with van der Waals surface area (Å²) in [6.45, 7) is 4.82. The second-order valence-corrected chi connectivity index (χ2v) is 4.83. The Morgan fingerprint density at radius 3 is 2.58 bits per heavy atom. The zero-order chi connectivity index (χ0) is 13.8. The van der Waals surface area contributed by atoms with Gasteiger partial charge in [-0.15, -0.1) is 0 Å². The minimum atomic E-state index is -0.533. The van der Waals surface area contributed by atoms with Gasteiger partial charge in [0, 0.05) is 18.4 Å². The second kappa shape index (κ2) is 5.99. The molecule has 4 heteroatoms. The predicted octanol–water partition coefficient (Wildman–Crippen LogP) is 2.17. The number of hydrogen-bond acceptors (Lipinski definition) is 3. The fourth-order valence-electron chi connectivity index (χ4n) is 2.01. The fourth-order valence-corrected chi connectivity index (χ4v) is 2.01. The van der Waals surface area contributed by atoms with E-state index in [1.54, 1.807) is 7.11 Å². The van der Waals surface area contributed by atoms with E-state index in [0.29, 0.717) is 13.2 Å². The summed E-state index contributed by atoms with van der Waals surface area (Å²) in [7, 11) is 1.58. The smallest absolute Gasteiger partial charge is 0.0968 e. The first kappa shape index (κ1) is 13.8. The Morgan fingerprint density at radius 2 is 1.95 bits per heavy atom. The molecule has 0 aliphatic heterocycles. The third-order valence-electron chi connectivity index (χ3n) is 3.07. The number of rotatable bonds is 5. The zero-order valence-electron chi connectivity index (χ0n) is 11.6. The summed E-state index contributed by atoms with van der Waals surface area (Å²) in [4.78, 5) is 0. The second-order valence-electron chi connectivity index (χ2n) is 4.83. The number of aliphatic hydroxyl groups is 1. The third-order valence-corrected chi connectivity index (χ3v) is 3.07. The van der Waals surface area contributed by atoms with Crippen molar-refractivity contribution in [2.45, 2.75) is 26.5 Å². The van der Waals surface area contributed by atoms with Gasteiger partial charge in [-0.25, -0.2) is 0 Å². The maximum absolute atomic E-state index is 9.76. The minimum Gasteiger partial charge on any atom is -0.389 e. The van der Waals surface area contributed by atoms with Crippen molar-refractivity contribution in [2.24, 2.45) is 0 Å². The van der Waals surface area contributed by atoms with Crippen LogP contribution < -0.4 is 0 Å². The van der Waals surface area contributed by atoms with Gasteiger partial charge in [-0.1, -0.05) is 29.8 Å². The van der Waals surface area contributed by atoms with Crippen LogP contribution in [-0.2, 0) is 11.3 Å². The summed E-state index contributed by atoms with van der Waals surface area (Å²) < 4.78 is 6.75. The Kier molecular flexibility index (Phi) is 4.35. The van der Waals surface area contributed by atoms with Crippen molar-refractivity contribution in [3.63, 3.8) is 0 Å². The van der Waals surface area contributed by atoms with Gasteiger partial charge in [-0.2, -0.15) is 5.10 Å². The SMILES string of the molecule is COC[C@@H](O)Cn1nc(-c2ccc(C)cc2)cc1C. The number of aliphatic hydroxyl groups excluding tert-OH is 1. The van der Waals surface area contributed by atoms with Crippen molar-refractivity contribution < 1.29 is 9.84 Å². The first-order valence-corrected chi connectivity index (χ1v) is 6.38. The largest absolute Gasteiger partial charge is 0.389 e. The van der Waals surface area contributed by atoms with Gasteiger partial charge < -0.3 is 9.84 Å². The Balaban J connectivity index is 2.18. The maximum atomic E-state index is 9.76. The number of aryl methyl sites for hydroxylation is 2. The minimum absolute atomic E-state index is 0.319. The van der Waals surface area contributed by atoms with Crippen molar-refractivity contribution >= 4 is 0 Å². The van der Waals surface area contributed by atoms with Gasteiger partial charge >= 0.3 is 0 Å². The fraction of sp³-hybridized carbons (Fsp3) is 0.400. The van der Waals surface area contributed by atoms with Gasteiger partial charge in [0.2, 0.25) is 0 Å². The average Bonchev–Trinajstić information content (AvgIpc) is 2.72. The lowest BCUT2D eigenvalue weighted by Gasteiger charge is -2.10. The summed E-state index contributed by atoms with van der Waals surface area (Å²) in [5.41, 5.74) is 4.29. The first-order chi connectivity index (χ1) is 9.10. The molecule has 1 aromatic carbocycles. The summed E-state index contributed by atoms with van der Waals surface area (Å²) in [5, 5.41) is 14.3. The van der Waals surface area contributed by atoms with Crippen LogP contribution in [-0.4, -0.2) is 34.7 Å². The van der Waals surface area contributed by atoms with E-state index in [9.17, 15) is 5.11 Å². The van der Waals surface area contributed by atoms with Crippen LogP contribution in [0.5, 0.6) is 0 Å². The molecule has 102 valence electrons. The Morgan fingerprint density at radius 1 is 1.26 bits per heavy atom. The quantitative estimate of drug-likeness (QED) is 0.896. The molecule has 0 fully saturated rings. The Hall–Kier alpha value is -1.65. The lowest BCUT2D eigenvalue weighted by atomic mass is 10.1. The Labute approximate surface area is 113 Å². The molecule has 0 unspecified atom stereocenters. The van der Waals surface area contributed by atoms with E-state index in [4.69, 9.17) is 4.74 Å². The zero-order valence-corrected chi connectivity index (χ0v) is 11.6. The molecule has 1 N–H and O–H groups in total. The summed E-state index contributed by atoms with van der Waals surface area (Å²) >= 11 is 0. The third kappa shape index (κ3) is 3.43. The summed E-state index contributed by atoms with van der Waals surface area (Å²) in [5.74, 6) is 0. The van der Waals surface area contributed by atoms with Gasteiger partial charge in [0.25, 0.3) is 0 Å². The number of hydrogen-bond donors (Lipinski definition) is 1. The van der Waals surface area contributed by atoms with Crippen molar-refractivity contribution in [1.82, 2.24) is 9.78 Å². The van der Waals surface area contributed by atoms with Crippen molar-refractivity contribution in [3.8, 4) is 11.3 Å². The highest BCUT2D eigenvalue weighted by molar-refractivity contribution is 5.59.